The predicted molar refractivity (Wildman–Crippen MR) is 106 cm³/mol. The number of para-hydroxylation sites is 1. The summed E-state index contributed by atoms with van der Waals surface area (Å²) in [5, 5.41) is 7.35. The molecule has 0 radical (unpaired) electrons. The number of pyridine rings is 1. The van der Waals surface area contributed by atoms with Gasteiger partial charge in [-0.2, -0.15) is 5.10 Å². The molecule has 2 heterocycles. The van der Waals surface area contributed by atoms with Gasteiger partial charge in [-0.1, -0.05) is 18.2 Å². The van der Waals surface area contributed by atoms with Crippen molar-refractivity contribution in [1.82, 2.24) is 14.8 Å². The first-order valence-corrected chi connectivity index (χ1v) is 8.89. The quantitative estimate of drug-likeness (QED) is 0.730. The van der Waals surface area contributed by atoms with Crippen molar-refractivity contribution in [3.8, 4) is 11.3 Å². The summed E-state index contributed by atoms with van der Waals surface area (Å²) >= 11 is 0. The summed E-state index contributed by atoms with van der Waals surface area (Å²) in [6, 6.07) is 12.8. The molecular formula is C21H22N4O2. The minimum absolute atomic E-state index is 0.0659. The van der Waals surface area contributed by atoms with E-state index in [1.165, 1.54) is 10.7 Å². The Labute approximate surface area is 157 Å². The molecule has 27 heavy (non-hydrogen) atoms. The van der Waals surface area contributed by atoms with E-state index < -0.39 is 0 Å². The molecule has 3 rings (SSSR count). The minimum atomic E-state index is -0.183. The topological polar surface area (TPSA) is 76.9 Å². The zero-order valence-electron chi connectivity index (χ0n) is 15.5. The van der Waals surface area contributed by atoms with E-state index in [4.69, 9.17) is 0 Å². The summed E-state index contributed by atoms with van der Waals surface area (Å²) < 4.78 is 1.40. The summed E-state index contributed by atoms with van der Waals surface area (Å²) in [6.07, 6.45) is 4.24. The van der Waals surface area contributed by atoms with Gasteiger partial charge >= 0.3 is 0 Å². The Morgan fingerprint density at radius 2 is 1.85 bits per heavy atom. The highest BCUT2D eigenvalue weighted by atomic mass is 16.1. The molecule has 6 nitrogen and oxygen atoms in total. The van der Waals surface area contributed by atoms with Crippen molar-refractivity contribution < 1.29 is 4.79 Å². The number of carbonyl (C=O) groups excluding carboxylic acids is 1. The third kappa shape index (κ3) is 4.67. The zero-order chi connectivity index (χ0) is 19.2. The highest BCUT2D eigenvalue weighted by Crippen LogP contribution is 2.19. The van der Waals surface area contributed by atoms with Gasteiger partial charge in [-0.15, -0.1) is 0 Å². The van der Waals surface area contributed by atoms with Crippen LogP contribution < -0.4 is 10.9 Å². The van der Waals surface area contributed by atoms with Crippen LogP contribution in [0.3, 0.4) is 0 Å². The molecule has 1 amide bonds. The Morgan fingerprint density at radius 1 is 1.07 bits per heavy atom. The lowest BCUT2D eigenvalue weighted by Gasteiger charge is -2.11. The van der Waals surface area contributed by atoms with Gasteiger partial charge in [-0.05, 0) is 49.6 Å². The number of hydrogen-bond acceptors (Lipinski definition) is 4. The Hall–Kier alpha value is -3.28. The lowest BCUT2D eigenvalue weighted by molar-refractivity contribution is -0.116. The van der Waals surface area contributed by atoms with E-state index in [2.05, 4.69) is 15.4 Å². The molecule has 0 spiro atoms. The van der Waals surface area contributed by atoms with Crippen LogP contribution in [-0.4, -0.2) is 20.7 Å². The fourth-order valence-corrected chi connectivity index (χ4v) is 2.88. The van der Waals surface area contributed by atoms with Crippen LogP contribution in [0.1, 0.15) is 24.0 Å². The van der Waals surface area contributed by atoms with Gasteiger partial charge in [0.05, 0.1) is 5.69 Å². The van der Waals surface area contributed by atoms with Gasteiger partial charge in [-0.25, -0.2) is 4.68 Å². The summed E-state index contributed by atoms with van der Waals surface area (Å²) in [5.74, 6) is -0.0659. The number of benzene rings is 1. The summed E-state index contributed by atoms with van der Waals surface area (Å²) in [5.41, 5.74) is 4.27. The van der Waals surface area contributed by atoms with Crippen LogP contribution >= 0.6 is 0 Å². The van der Waals surface area contributed by atoms with Crippen LogP contribution in [0.4, 0.5) is 5.69 Å². The molecule has 0 fully saturated rings. The molecular weight excluding hydrogens is 340 g/mol. The second-order valence-electron chi connectivity index (χ2n) is 6.44. The number of aryl methyl sites for hydroxylation is 3. The van der Waals surface area contributed by atoms with Gasteiger partial charge in [0.2, 0.25) is 5.91 Å². The number of nitrogens with zero attached hydrogens (tertiary/aromatic N) is 3. The maximum atomic E-state index is 12.3. The average molecular weight is 362 g/mol. The maximum absolute atomic E-state index is 12.3. The lowest BCUT2D eigenvalue weighted by Crippen LogP contribution is -2.23. The average Bonchev–Trinajstić information content (AvgIpc) is 2.67. The fraction of sp³-hybridized carbons (Fsp3) is 0.238. The molecule has 0 saturated heterocycles. The second kappa shape index (κ2) is 8.40. The van der Waals surface area contributed by atoms with Gasteiger partial charge in [0.15, 0.2) is 0 Å². The van der Waals surface area contributed by atoms with Gasteiger partial charge in [0.25, 0.3) is 5.56 Å². The van der Waals surface area contributed by atoms with Gasteiger partial charge < -0.3 is 5.32 Å². The number of nitrogens with one attached hydrogen (secondary N) is 1. The second-order valence-corrected chi connectivity index (χ2v) is 6.44. The van der Waals surface area contributed by atoms with Crippen LogP contribution in [-0.2, 0) is 11.3 Å². The summed E-state index contributed by atoms with van der Waals surface area (Å²) in [4.78, 5) is 28.4. The number of anilines is 1. The highest BCUT2D eigenvalue weighted by Gasteiger charge is 2.08. The predicted octanol–water partition coefficient (Wildman–Crippen LogP) is 3.34. The van der Waals surface area contributed by atoms with Gasteiger partial charge in [0, 0.05) is 42.7 Å². The van der Waals surface area contributed by atoms with E-state index in [1.54, 1.807) is 18.5 Å². The van der Waals surface area contributed by atoms with Crippen LogP contribution in [0.15, 0.2) is 59.7 Å². The van der Waals surface area contributed by atoms with E-state index >= 15 is 0 Å². The van der Waals surface area contributed by atoms with Gasteiger partial charge in [0.1, 0.15) is 0 Å². The third-order valence-electron chi connectivity index (χ3n) is 4.34. The van der Waals surface area contributed by atoms with Crippen molar-refractivity contribution in [3.05, 3.63) is 76.3 Å². The number of amides is 1. The van der Waals surface area contributed by atoms with E-state index in [9.17, 15) is 9.59 Å². The molecule has 1 aromatic carbocycles. The first kappa shape index (κ1) is 18.5. The van der Waals surface area contributed by atoms with E-state index in [0.717, 1.165) is 22.4 Å². The van der Waals surface area contributed by atoms with Crippen LogP contribution in [0.25, 0.3) is 11.3 Å². The fourth-order valence-electron chi connectivity index (χ4n) is 2.88. The standard InChI is InChI=1S/C21H22N4O2/c1-15-6-3-7-16(2)21(15)23-19(26)9-5-13-25-20(27)11-10-18(24-25)17-8-4-12-22-14-17/h3-4,6-8,10-12,14H,5,9,13H2,1-2H3,(H,23,26). The molecule has 1 N–H and O–H groups in total. The molecule has 0 unspecified atom stereocenters. The molecule has 3 aromatic rings. The van der Waals surface area contributed by atoms with Crippen molar-refractivity contribution >= 4 is 11.6 Å². The number of aromatic nitrogens is 3. The minimum Gasteiger partial charge on any atom is -0.326 e. The smallest absolute Gasteiger partial charge is 0.266 e. The van der Waals surface area contributed by atoms with Crippen LogP contribution in [0.5, 0.6) is 0 Å². The van der Waals surface area contributed by atoms with E-state index in [-0.39, 0.29) is 11.5 Å². The monoisotopic (exact) mass is 362 g/mol. The maximum Gasteiger partial charge on any atom is 0.266 e. The number of hydrogen-bond donors (Lipinski definition) is 1. The Morgan fingerprint density at radius 3 is 2.56 bits per heavy atom. The van der Waals surface area contributed by atoms with E-state index in [1.807, 2.05) is 44.2 Å². The molecule has 2 aromatic heterocycles. The Kier molecular flexibility index (Phi) is 5.76. The molecule has 0 atom stereocenters. The van der Waals surface area contributed by atoms with Gasteiger partial charge in [-0.3, -0.25) is 14.6 Å². The van der Waals surface area contributed by atoms with Crippen molar-refractivity contribution in [2.45, 2.75) is 33.2 Å². The summed E-state index contributed by atoms with van der Waals surface area (Å²) in [6.45, 7) is 4.32. The molecule has 0 bridgehead atoms. The lowest BCUT2D eigenvalue weighted by atomic mass is 10.1. The van der Waals surface area contributed by atoms with E-state index in [0.29, 0.717) is 25.1 Å². The molecule has 0 aliphatic carbocycles. The third-order valence-corrected chi connectivity index (χ3v) is 4.34. The highest BCUT2D eigenvalue weighted by molar-refractivity contribution is 5.92. The molecule has 0 aliphatic rings. The molecule has 138 valence electrons. The molecule has 6 heteroatoms. The van der Waals surface area contributed by atoms with Crippen molar-refractivity contribution in [1.29, 1.82) is 0 Å². The SMILES string of the molecule is Cc1cccc(C)c1NC(=O)CCCn1nc(-c2cccnc2)ccc1=O. The molecule has 0 saturated carbocycles. The zero-order valence-corrected chi connectivity index (χ0v) is 15.5. The van der Waals surface area contributed by atoms with Crippen LogP contribution in [0, 0.1) is 13.8 Å². The van der Waals surface area contributed by atoms with Crippen molar-refractivity contribution in [3.63, 3.8) is 0 Å². The Balaban J connectivity index is 1.62. The summed E-state index contributed by atoms with van der Waals surface area (Å²) in [7, 11) is 0. The molecule has 0 aliphatic heterocycles. The van der Waals surface area contributed by atoms with Crippen molar-refractivity contribution in [2.24, 2.45) is 0 Å². The first-order valence-electron chi connectivity index (χ1n) is 8.89. The normalized spacial score (nSPS) is 10.6. The number of carbonyl (C=O) groups is 1. The first-order chi connectivity index (χ1) is 13.0. The van der Waals surface area contributed by atoms with Crippen molar-refractivity contribution in [2.75, 3.05) is 5.32 Å². The van der Waals surface area contributed by atoms with Crippen LogP contribution in [0.2, 0.25) is 0 Å². The number of rotatable bonds is 6. The Bertz CT molecular complexity index is 976. The largest absolute Gasteiger partial charge is 0.326 e.